The second-order valence-corrected chi connectivity index (χ2v) is 9.65. The predicted molar refractivity (Wildman–Crippen MR) is 163 cm³/mol. The first kappa shape index (κ1) is 34.3. The summed E-state index contributed by atoms with van der Waals surface area (Å²) in [5.41, 5.74) is 0.785. The Morgan fingerprint density at radius 1 is 0.857 bits per heavy atom. The molecular formula is C33H41F3N2O4. The number of allylic oxidation sites excluding steroid dienone is 8. The number of carbonyl (C=O) groups excluding carboxylic acids is 2. The SMILES string of the molecule is CCN(CC)c1ccc2cc(C(=O)NCCC/C=C\C/C=C\C/C=C\C/C=C\CCCC(=O)C(F)(F)F)c(=O)oc2c1. The van der Waals surface area contributed by atoms with Crippen LogP contribution in [0.2, 0.25) is 0 Å². The number of ketones is 1. The van der Waals surface area contributed by atoms with Gasteiger partial charge in [0.05, 0.1) is 0 Å². The van der Waals surface area contributed by atoms with E-state index in [4.69, 9.17) is 4.42 Å². The van der Waals surface area contributed by atoms with E-state index in [0.717, 1.165) is 44.5 Å². The minimum Gasteiger partial charge on any atom is -0.422 e. The maximum atomic E-state index is 12.5. The normalized spacial score (nSPS) is 12.4. The van der Waals surface area contributed by atoms with Crippen molar-refractivity contribution in [2.24, 2.45) is 0 Å². The lowest BCUT2D eigenvalue weighted by molar-refractivity contribution is -0.171. The molecule has 228 valence electrons. The highest BCUT2D eigenvalue weighted by atomic mass is 19.4. The second-order valence-electron chi connectivity index (χ2n) is 9.65. The van der Waals surface area contributed by atoms with E-state index in [0.29, 0.717) is 30.4 Å². The Labute approximate surface area is 245 Å². The predicted octanol–water partition coefficient (Wildman–Crippen LogP) is 7.85. The fourth-order valence-corrected chi connectivity index (χ4v) is 4.13. The Morgan fingerprint density at radius 3 is 2.00 bits per heavy atom. The summed E-state index contributed by atoms with van der Waals surface area (Å²) in [5, 5.41) is 3.49. The van der Waals surface area contributed by atoms with Gasteiger partial charge < -0.3 is 14.6 Å². The summed E-state index contributed by atoms with van der Waals surface area (Å²) in [6, 6.07) is 7.23. The Kier molecular flexibility index (Phi) is 15.1. The number of anilines is 1. The molecule has 1 heterocycles. The van der Waals surface area contributed by atoms with Gasteiger partial charge >= 0.3 is 11.8 Å². The minimum absolute atomic E-state index is 0.00129. The maximum Gasteiger partial charge on any atom is 0.449 e. The number of hydrogen-bond donors (Lipinski definition) is 1. The molecule has 0 atom stereocenters. The van der Waals surface area contributed by atoms with Crippen molar-refractivity contribution in [2.45, 2.75) is 71.4 Å². The second kappa shape index (κ2) is 18.5. The van der Waals surface area contributed by atoms with Gasteiger partial charge in [0.25, 0.3) is 5.91 Å². The number of alkyl halides is 3. The van der Waals surface area contributed by atoms with Crippen molar-refractivity contribution in [3.05, 3.63) is 88.9 Å². The molecule has 0 aliphatic carbocycles. The topological polar surface area (TPSA) is 79.6 Å². The molecule has 0 fully saturated rings. The third-order valence-corrected chi connectivity index (χ3v) is 6.50. The zero-order valence-corrected chi connectivity index (χ0v) is 24.4. The monoisotopic (exact) mass is 586 g/mol. The van der Waals surface area contributed by atoms with Gasteiger partial charge in [-0.15, -0.1) is 0 Å². The number of Topliss-reactive ketones (excluding diaryl/α,β-unsaturated/α-hetero) is 1. The van der Waals surface area contributed by atoms with Crippen molar-refractivity contribution >= 4 is 28.3 Å². The zero-order chi connectivity index (χ0) is 30.8. The van der Waals surface area contributed by atoms with Gasteiger partial charge in [-0.25, -0.2) is 4.79 Å². The number of carbonyl (C=O) groups is 2. The molecule has 2 rings (SSSR count). The van der Waals surface area contributed by atoms with Gasteiger partial charge in [0.15, 0.2) is 0 Å². The lowest BCUT2D eigenvalue weighted by atomic mass is 10.1. The minimum atomic E-state index is -4.73. The summed E-state index contributed by atoms with van der Waals surface area (Å²) in [5.74, 6) is -2.11. The summed E-state index contributed by atoms with van der Waals surface area (Å²) >= 11 is 0. The summed E-state index contributed by atoms with van der Waals surface area (Å²) in [6.45, 7) is 6.25. The van der Waals surface area contributed by atoms with E-state index in [1.807, 2.05) is 42.5 Å². The smallest absolute Gasteiger partial charge is 0.422 e. The quantitative estimate of drug-likeness (QED) is 0.109. The van der Waals surface area contributed by atoms with Crippen molar-refractivity contribution < 1.29 is 27.2 Å². The summed E-state index contributed by atoms with van der Waals surface area (Å²) in [4.78, 5) is 37.9. The molecule has 0 saturated heterocycles. The Morgan fingerprint density at radius 2 is 1.43 bits per heavy atom. The van der Waals surface area contributed by atoms with Crippen LogP contribution in [0.15, 0.2) is 82.1 Å². The molecule has 0 saturated carbocycles. The van der Waals surface area contributed by atoms with Gasteiger partial charge in [-0.1, -0.05) is 48.6 Å². The number of unbranched alkanes of at least 4 members (excludes halogenated alkanes) is 2. The molecule has 1 N–H and O–H groups in total. The average Bonchev–Trinajstić information content (AvgIpc) is 2.96. The molecule has 2 aromatic rings. The maximum absolute atomic E-state index is 12.5. The van der Waals surface area contributed by atoms with Crippen LogP contribution in [0.1, 0.15) is 75.6 Å². The Balaban J connectivity index is 1.59. The summed E-state index contributed by atoms with van der Waals surface area (Å²) in [6.07, 6.45) is 15.2. The molecule has 0 radical (unpaired) electrons. The van der Waals surface area contributed by atoms with Crippen LogP contribution < -0.4 is 15.8 Å². The van der Waals surface area contributed by atoms with E-state index in [2.05, 4.69) is 42.3 Å². The van der Waals surface area contributed by atoms with Gasteiger partial charge in [0, 0.05) is 43.2 Å². The largest absolute Gasteiger partial charge is 0.449 e. The van der Waals surface area contributed by atoms with Gasteiger partial charge in [0.1, 0.15) is 11.1 Å². The molecule has 0 spiro atoms. The molecule has 1 amide bonds. The van der Waals surface area contributed by atoms with Crippen molar-refractivity contribution in [3.8, 4) is 0 Å². The first-order valence-electron chi connectivity index (χ1n) is 14.5. The number of halogens is 3. The van der Waals surface area contributed by atoms with Gasteiger partial charge in [-0.2, -0.15) is 13.2 Å². The highest BCUT2D eigenvalue weighted by molar-refractivity contribution is 5.97. The number of nitrogens with zero attached hydrogens (tertiary/aromatic N) is 1. The van der Waals surface area contributed by atoms with Gasteiger partial charge in [0.2, 0.25) is 5.78 Å². The van der Waals surface area contributed by atoms with E-state index in [1.54, 1.807) is 12.1 Å². The fraction of sp³-hybridized carbons (Fsp3) is 0.424. The molecule has 0 bridgehead atoms. The van der Waals surface area contributed by atoms with Gasteiger partial charge in [-0.3, -0.25) is 9.59 Å². The number of rotatable bonds is 18. The van der Waals surface area contributed by atoms with E-state index in [1.165, 1.54) is 0 Å². The van der Waals surface area contributed by atoms with E-state index < -0.39 is 29.9 Å². The molecule has 1 aromatic heterocycles. The molecule has 9 heteroatoms. The van der Waals surface area contributed by atoms with E-state index in [9.17, 15) is 27.6 Å². The number of fused-ring (bicyclic) bond motifs is 1. The van der Waals surface area contributed by atoms with Crippen LogP contribution in [0.25, 0.3) is 11.0 Å². The van der Waals surface area contributed by atoms with Gasteiger partial charge in [-0.05, 0) is 77.0 Å². The van der Waals surface area contributed by atoms with Crippen molar-refractivity contribution in [2.75, 3.05) is 24.5 Å². The van der Waals surface area contributed by atoms with Crippen LogP contribution in [0.5, 0.6) is 0 Å². The Bertz CT molecular complexity index is 1320. The number of amides is 1. The molecule has 0 unspecified atom stereocenters. The summed E-state index contributed by atoms with van der Waals surface area (Å²) < 4.78 is 41.7. The van der Waals surface area contributed by atoms with Crippen LogP contribution in [-0.2, 0) is 4.79 Å². The molecule has 0 aliphatic rings. The number of nitrogens with one attached hydrogen (secondary N) is 1. The lowest BCUT2D eigenvalue weighted by Crippen LogP contribution is -2.29. The third kappa shape index (κ3) is 12.3. The van der Waals surface area contributed by atoms with E-state index >= 15 is 0 Å². The number of benzene rings is 1. The standard InChI is InChI=1S/C33H41F3N2O4/c1-3-38(4-2)27-22-21-26-24-28(32(41)42-29(26)25-27)31(40)37-23-19-17-15-13-11-9-7-5-6-8-10-12-14-16-18-20-30(39)33(34,35)36/h6-9,12-15,21-22,24-25H,3-5,10-11,16-20,23H2,1-2H3,(H,37,40)/b8-6-,9-7-,14-12-,15-13-. The van der Waals surface area contributed by atoms with Crippen LogP contribution >= 0.6 is 0 Å². The van der Waals surface area contributed by atoms with Crippen molar-refractivity contribution in [1.82, 2.24) is 5.32 Å². The zero-order valence-electron chi connectivity index (χ0n) is 24.4. The third-order valence-electron chi connectivity index (χ3n) is 6.50. The lowest BCUT2D eigenvalue weighted by Gasteiger charge is -2.21. The highest BCUT2D eigenvalue weighted by Crippen LogP contribution is 2.22. The van der Waals surface area contributed by atoms with Crippen molar-refractivity contribution in [1.29, 1.82) is 0 Å². The van der Waals surface area contributed by atoms with Crippen LogP contribution in [-0.4, -0.2) is 37.5 Å². The molecule has 42 heavy (non-hydrogen) atoms. The average molecular weight is 587 g/mol. The van der Waals surface area contributed by atoms with Crippen LogP contribution in [0, 0.1) is 0 Å². The first-order valence-corrected chi connectivity index (χ1v) is 14.5. The molecule has 0 aliphatic heterocycles. The molecule has 1 aromatic carbocycles. The summed E-state index contributed by atoms with van der Waals surface area (Å²) in [7, 11) is 0. The Hall–Kier alpha value is -3.88. The highest BCUT2D eigenvalue weighted by Gasteiger charge is 2.36. The molecule has 6 nitrogen and oxygen atoms in total. The van der Waals surface area contributed by atoms with Crippen LogP contribution in [0.4, 0.5) is 18.9 Å². The van der Waals surface area contributed by atoms with Crippen LogP contribution in [0.3, 0.4) is 0 Å². The fourth-order valence-electron chi connectivity index (χ4n) is 4.13. The van der Waals surface area contributed by atoms with Crippen molar-refractivity contribution in [3.63, 3.8) is 0 Å². The van der Waals surface area contributed by atoms with E-state index in [-0.39, 0.29) is 12.0 Å². The first-order chi connectivity index (χ1) is 20.2. The number of hydrogen-bond acceptors (Lipinski definition) is 5. The molecular weight excluding hydrogens is 545 g/mol.